The minimum absolute atomic E-state index is 0.0468. The van der Waals surface area contributed by atoms with Crippen molar-refractivity contribution in [3.63, 3.8) is 0 Å². The number of alkyl halides is 4. The lowest BCUT2D eigenvalue weighted by atomic mass is 10.0. The third-order valence-electron chi connectivity index (χ3n) is 7.57. The van der Waals surface area contributed by atoms with Crippen LogP contribution in [0.4, 0.5) is 39.3 Å². The maximum Gasteiger partial charge on any atom is 0.417 e. The molecule has 0 saturated carbocycles. The van der Waals surface area contributed by atoms with Crippen molar-refractivity contribution < 1.29 is 31.5 Å². The minimum Gasteiger partial charge on any atom is -0.378 e. The van der Waals surface area contributed by atoms with Crippen LogP contribution in [0.5, 0.6) is 0 Å². The monoisotopic (exact) mass is 607 g/mol. The van der Waals surface area contributed by atoms with Crippen LogP contribution < -0.4 is 20.7 Å². The highest BCUT2D eigenvalue weighted by molar-refractivity contribution is 6.08. The van der Waals surface area contributed by atoms with Gasteiger partial charge in [0.05, 0.1) is 48.3 Å². The highest BCUT2D eigenvalue weighted by Gasteiger charge is 2.39. The fourth-order valence-electron chi connectivity index (χ4n) is 5.30. The number of anilines is 3. The molecule has 0 spiro atoms. The van der Waals surface area contributed by atoms with E-state index in [1.165, 1.54) is 25.5 Å². The number of carbonyl (C=O) groups is 1. The molecule has 0 unspecified atom stereocenters. The smallest absolute Gasteiger partial charge is 0.378 e. The highest BCUT2D eigenvalue weighted by Crippen LogP contribution is 2.42. The van der Waals surface area contributed by atoms with Crippen molar-refractivity contribution in [2.45, 2.75) is 18.4 Å². The summed E-state index contributed by atoms with van der Waals surface area (Å²) in [6.45, 7) is 2.09. The van der Waals surface area contributed by atoms with E-state index in [1.807, 2.05) is 4.90 Å². The molecule has 2 aliphatic rings. The predicted octanol–water partition coefficient (Wildman–Crippen LogP) is 3.18. The van der Waals surface area contributed by atoms with Gasteiger partial charge in [0.2, 0.25) is 5.95 Å². The summed E-state index contributed by atoms with van der Waals surface area (Å²) < 4.78 is 78.4. The van der Waals surface area contributed by atoms with Crippen LogP contribution in [0.3, 0.4) is 0 Å². The number of hydrogen-bond donors (Lipinski definition) is 1. The molecule has 2 atom stereocenters. The number of nitrogens with zero attached hydrogens (tertiary/aromatic N) is 6. The average molecular weight is 608 g/mol. The number of nitrogens with one attached hydrogen (secondary N) is 1. The topological polar surface area (TPSA) is 95.8 Å². The Hall–Kier alpha value is -4.11. The zero-order valence-corrected chi connectivity index (χ0v) is 23.7. The Balaban J connectivity index is 1.60. The van der Waals surface area contributed by atoms with Crippen molar-refractivity contribution in [2.24, 2.45) is 7.05 Å². The number of likely N-dealkylation sites (N-methyl/N-ethyl adjacent to an activating group) is 1. The normalized spacial score (nSPS) is 19.3. The lowest BCUT2D eigenvalue weighted by molar-refractivity contribution is -0.138. The number of hydrogen-bond acceptors (Lipinski definition) is 8. The van der Waals surface area contributed by atoms with Gasteiger partial charge in [0.15, 0.2) is 0 Å². The first kappa shape index (κ1) is 30.4. The Labute approximate surface area is 243 Å². The fraction of sp³-hybridized carbons (Fsp3) is 0.429. The summed E-state index contributed by atoms with van der Waals surface area (Å²) >= 11 is 0. The minimum atomic E-state index is -4.99. The number of benzene rings is 1. The van der Waals surface area contributed by atoms with Gasteiger partial charge in [-0.3, -0.25) is 9.59 Å². The van der Waals surface area contributed by atoms with E-state index >= 15 is 8.78 Å². The van der Waals surface area contributed by atoms with Crippen molar-refractivity contribution in [3.05, 3.63) is 64.1 Å². The van der Waals surface area contributed by atoms with Crippen molar-refractivity contribution in [2.75, 3.05) is 68.6 Å². The summed E-state index contributed by atoms with van der Waals surface area (Å²) in [5.74, 6) is -1.50. The summed E-state index contributed by atoms with van der Waals surface area (Å²) in [6.07, 6.45) is -2.72. The molecular formula is C28H30F5N7O3. The average Bonchev–Trinajstić information content (AvgIpc) is 3.36. The van der Waals surface area contributed by atoms with Gasteiger partial charge in [0, 0.05) is 62.5 Å². The quantitative estimate of drug-likeness (QED) is 0.428. The molecular weight excluding hydrogens is 577 g/mol. The van der Waals surface area contributed by atoms with E-state index in [0.29, 0.717) is 38.3 Å². The number of aromatic nitrogens is 3. The lowest BCUT2D eigenvalue weighted by Crippen LogP contribution is -2.37. The van der Waals surface area contributed by atoms with Gasteiger partial charge in [-0.2, -0.15) is 13.2 Å². The summed E-state index contributed by atoms with van der Waals surface area (Å²) in [5.41, 5.74) is -2.97. The molecule has 1 N–H and O–H groups in total. The van der Waals surface area contributed by atoms with Gasteiger partial charge >= 0.3 is 6.18 Å². The molecule has 1 aromatic carbocycles. The second-order valence-electron chi connectivity index (χ2n) is 10.6. The molecule has 4 heterocycles. The van der Waals surface area contributed by atoms with Crippen LogP contribution in [0.25, 0.3) is 11.1 Å². The van der Waals surface area contributed by atoms with E-state index in [0.717, 1.165) is 16.8 Å². The van der Waals surface area contributed by atoms with Gasteiger partial charge in [0.25, 0.3) is 11.5 Å². The van der Waals surface area contributed by atoms with E-state index in [9.17, 15) is 22.8 Å². The molecule has 2 saturated heterocycles. The third-order valence-corrected chi connectivity index (χ3v) is 7.57. The fourth-order valence-corrected chi connectivity index (χ4v) is 5.30. The Kier molecular flexibility index (Phi) is 8.38. The third kappa shape index (κ3) is 6.18. The van der Waals surface area contributed by atoms with Gasteiger partial charge in [0.1, 0.15) is 12.0 Å². The van der Waals surface area contributed by atoms with Crippen LogP contribution in [0, 0.1) is 5.82 Å². The number of morpholine rings is 1. The number of aryl methyl sites for hydroxylation is 1. The SMILES string of the molecule is CN(C)[C@@H]1CN(c2c(NC(=O)c3cn(C)c(=O)cc3C(F)(F)F)ccc(F)c2-c2cnc(N3CCOCC3)nc2)C[C@H]1F. The van der Waals surface area contributed by atoms with Crippen LogP contribution in [-0.4, -0.2) is 91.0 Å². The van der Waals surface area contributed by atoms with Crippen molar-refractivity contribution >= 4 is 23.2 Å². The summed E-state index contributed by atoms with van der Waals surface area (Å²) in [4.78, 5) is 39.2. The maximum atomic E-state index is 15.6. The molecule has 0 bridgehead atoms. The molecule has 3 aromatic rings. The standard InChI is InChI=1S/C28H30F5N7O3/c1-37(2)22-15-40(14-20(22)30)25-21(36-26(42)17-13-38(3)23(41)10-18(17)28(31,32)33)5-4-19(29)24(25)16-11-34-27(35-12-16)39-6-8-43-9-7-39/h4-5,10-13,20,22H,6-9,14-15H2,1-3H3,(H,36,42)/t20-,22-/m1/s1. The van der Waals surface area contributed by atoms with Crippen LogP contribution in [0.2, 0.25) is 0 Å². The van der Waals surface area contributed by atoms with E-state index < -0.39 is 46.8 Å². The zero-order chi connectivity index (χ0) is 31.1. The maximum absolute atomic E-state index is 15.6. The molecule has 0 aliphatic carbocycles. The summed E-state index contributed by atoms with van der Waals surface area (Å²) in [5, 5.41) is 2.46. The van der Waals surface area contributed by atoms with Crippen LogP contribution in [-0.2, 0) is 18.0 Å². The zero-order valence-electron chi connectivity index (χ0n) is 23.7. The highest BCUT2D eigenvalue weighted by atomic mass is 19.4. The first-order valence-electron chi connectivity index (χ1n) is 13.5. The van der Waals surface area contributed by atoms with Crippen molar-refractivity contribution in [3.8, 4) is 11.1 Å². The van der Waals surface area contributed by atoms with Crippen molar-refractivity contribution in [1.29, 1.82) is 0 Å². The molecule has 2 aromatic heterocycles. The van der Waals surface area contributed by atoms with Gasteiger partial charge in [-0.15, -0.1) is 0 Å². The number of amides is 1. The molecule has 2 fully saturated rings. The van der Waals surface area contributed by atoms with E-state index in [4.69, 9.17) is 4.74 Å². The number of ether oxygens (including phenoxy) is 1. The van der Waals surface area contributed by atoms with E-state index in [-0.39, 0.29) is 35.6 Å². The van der Waals surface area contributed by atoms with Gasteiger partial charge in [-0.1, -0.05) is 0 Å². The first-order chi connectivity index (χ1) is 20.3. The van der Waals surface area contributed by atoms with Gasteiger partial charge < -0.3 is 29.3 Å². The molecule has 43 heavy (non-hydrogen) atoms. The largest absolute Gasteiger partial charge is 0.417 e. The van der Waals surface area contributed by atoms with E-state index in [2.05, 4.69) is 15.3 Å². The summed E-state index contributed by atoms with van der Waals surface area (Å²) in [6, 6.07) is 2.04. The molecule has 5 rings (SSSR count). The van der Waals surface area contributed by atoms with Crippen LogP contribution >= 0.6 is 0 Å². The molecule has 1 amide bonds. The van der Waals surface area contributed by atoms with Crippen LogP contribution in [0.1, 0.15) is 15.9 Å². The predicted molar refractivity (Wildman–Crippen MR) is 150 cm³/mol. The Morgan fingerprint density at radius 1 is 1.09 bits per heavy atom. The Morgan fingerprint density at radius 2 is 1.77 bits per heavy atom. The molecule has 15 heteroatoms. The molecule has 10 nitrogen and oxygen atoms in total. The second kappa shape index (κ2) is 11.9. The first-order valence-corrected chi connectivity index (χ1v) is 13.5. The lowest BCUT2D eigenvalue weighted by Gasteiger charge is -2.28. The summed E-state index contributed by atoms with van der Waals surface area (Å²) in [7, 11) is 4.62. The Morgan fingerprint density at radius 3 is 2.37 bits per heavy atom. The van der Waals surface area contributed by atoms with Gasteiger partial charge in [-0.25, -0.2) is 18.7 Å². The number of halogens is 5. The Bertz CT molecular complexity index is 1560. The molecule has 2 aliphatic heterocycles. The molecule has 230 valence electrons. The van der Waals surface area contributed by atoms with Crippen LogP contribution in [0.15, 0.2) is 41.6 Å². The number of pyridine rings is 1. The number of carbonyl (C=O) groups excluding carboxylic acids is 1. The van der Waals surface area contributed by atoms with Crippen molar-refractivity contribution in [1.82, 2.24) is 19.4 Å². The van der Waals surface area contributed by atoms with Gasteiger partial charge in [-0.05, 0) is 26.2 Å². The van der Waals surface area contributed by atoms with E-state index in [1.54, 1.807) is 23.9 Å². The molecule has 0 radical (unpaired) electrons. The number of rotatable bonds is 6. The second-order valence-corrected chi connectivity index (χ2v) is 10.6.